The third kappa shape index (κ3) is 2.91. The van der Waals surface area contributed by atoms with Gasteiger partial charge in [0.25, 0.3) is 0 Å². The van der Waals surface area contributed by atoms with Crippen LogP contribution in [0.4, 0.5) is 0 Å². The Balaban J connectivity index is 1.81. The number of nitrogens with zero attached hydrogens (tertiary/aromatic N) is 2. The molecule has 1 heterocycles. The molecule has 0 N–H and O–H groups in total. The highest BCUT2D eigenvalue weighted by atomic mass is 16.5. The van der Waals surface area contributed by atoms with Crippen LogP contribution in [0.15, 0.2) is 48.5 Å². The molecule has 0 atom stereocenters. The summed E-state index contributed by atoms with van der Waals surface area (Å²) < 4.78 is 7.79. The maximum absolute atomic E-state index is 5.38. The molecule has 1 aliphatic carbocycles. The first-order chi connectivity index (χ1) is 11.8. The van der Waals surface area contributed by atoms with Gasteiger partial charge in [-0.3, -0.25) is 0 Å². The van der Waals surface area contributed by atoms with Gasteiger partial charge in [-0.2, -0.15) is 0 Å². The number of rotatable bonds is 4. The van der Waals surface area contributed by atoms with Crippen LogP contribution in [0.3, 0.4) is 0 Å². The smallest absolute Gasteiger partial charge is 0.141 e. The standard InChI is InChI=1S/C21H24N2O/c1-24-18-12-13-20-19(14-18)22-21(17-10-6-3-7-11-17)23(20)15-16-8-4-2-5-9-16/h3,6-7,10-14,16H,2,4-5,8-9,15H2,1H3. The van der Waals surface area contributed by atoms with Crippen LogP contribution in [0, 0.1) is 5.92 Å². The lowest BCUT2D eigenvalue weighted by molar-refractivity contribution is 0.323. The van der Waals surface area contributed by atoms with Gasteiger partial charge in [-0.15, -0.1) is 0 Å². The van der Waals surface area contributed by atoms with E-state index in [1.807, 2.05) is 12.1 Å². The largest absolute Gasteiger partial charge is 0.497 e. The van der Waals surface area contributed by atoms with E-state index in [9.17, 15) is 0 Å². The molecule has 3 nitrogen and oxygen atoms in total. The van der Waals surface area contributed by atoms with Crippen LogP contribution in [0.5, 0.6) is 5.75 Å². The maximum Gasteiger partial charge on any atom is 0.141 e. The Morgan fingerprint density at radius 1 is 1.04 bits per heavy atom. The number of hydrogen-bond acceptors (Lipinski definition) is 2. The Morgan fingerprint density at radius 3 is 2.58 bits per heavy atom. The van der Waals surface area contributed by atoms with E-state index in [-0.39, 0.29) is 0 Å². The fraction of sp³-hybridized carbons (Fsp3) is 0.381. The minimum Gasteiger partial charge on any atom is -0.497 e. The molecule has 2 aromatic carbocycles. The molecule has 0 unspecified atom stereocenters. The fourth-order valence-electron chi connectivity index (χ4n) is 3.86. The topological polar surface area (TPSA) is 27.1 Å². The summed E-state index contributed by atoms with van der Waals surface area (Å²) in [5.74, 6) is 2.70. The number of aromatic nitrogens is 2. The van der Waals surface area contributed by atoms with E-state index in [1.54, 1.807) is 7.11 Å². The molecule has 0 spiro atoms. The second-order valence-corrected chi connectivity index (χ2v) is 6.77. The van der Waals surface area contributed by atoms with Crippen molar-refractivity contribution in [1.29, 1.82) is 0 Å². The molecule has 0 aliphatic heterocycles. The lowest BCUT2D eigenvalue weighted by atomic mass is 9.89. The summed E-state index contributed by atoms with van der Waals surface area (Å²) in [6.45, 7) is 1.06. The first-order valence-corrected chi connectivity index (χ1v) is 8.95. The molecule has 24 heavy (non-hydrogen) atoms. The number of benzene rings is 2. The molecule has 0 radical (unpaired) electrons. The van der Waals surface area contributed by atoms with Crippen molar-refractivity contribution in [1.82, 2.24) is 9.55 Å². The summed E-state index contributed by atoms with van der Waals surface area (Å²) in [5, 5.41) is 0. The minimum absolute atomic E-state index is 0.765. The number of imidazole rings is 1. The highest BCUT2D eigenvalue weighted by Crippen LogP contribution is 2.31. The summed E-state index contributed by atoms with van der Waals surface area (Å²) in [6, 6.07) is 16.7. The Labute approximate surface area is 143 Å². The predicted molar refractivity (Wildman–Crippen MR) is 98.3 cm³/mol. The zero-order chi connectivity index (χ0) is 16.4. The van der Waals surface area contributed by atoms with E-state index in [1.165, 1.54) is 43.2 Å². The number of ether oxygens (including phenoxy) is 1. The third-order valence-electron chi connectivity index (χ3n) is 5.15. The van der Waals surface area contributed by atoms with Crippen molar-refractivity contribution in [2.75, 3.05) is 7.11 Å². The molecule has 1 fully saturated rings. The number of fused-ring (bicyclic) bond motifs is 1. The summed E-state index contributed by atoms with van der Waals surface area (Å²) in [5.41, 5.74) is 3.41. The molecule has 3 heteroatoms. The zero-order valence-corrected chi connectivity index (χ0v) is 14.2. The molecule has 124 valence electrons. The molecule has 3 aromatic rings. The van der Waals surface area contributed by atoms with Crippen LogP contribution >= 0.6 is 0 Å². The van der Waals surface area contributed by atoms with Gasteiger partial charge in [0.05, 0.1) is 18.1 Å². The summed E-state index contributed by atoms with van der Waals surface area (Å²) in [4.78, 5) is 4.94. The van der Waals surface area contributed by atoms with Gasteiger partial charge in [0, 0.05) is 18.2 Å². The normalized spacial score (nSPS) is 15.7. The van der Waals surface area contributed by atoms with Gasteiger partial charge < -0.3 is 9.30 Å². The second kappa shape index (κ2) is 6.68. The fourth-order valence-corrected chi connectivity index (χ4v) is 3.86. The van der Waals surface area contributed by atoms with Crippen molar-refractivity contribution in [3.8, 4) is 17.1 Å². The van der Waals surface area contributed by atoms with Crippen molar-refractivity contribution < 1.29 is 4.74 Å². The van der Waals surface area contributed by atoms with Gasteiger partial charge in [-0.1, -0.05) is 49.6 Å². The van der Waals surface area contributed by atoms with Crippen molar-refractivity contribution in [2.45, 2.75) is 38.6 Å². The van der Waals surface area contributed by atoms with E-state index >= 15 is 0 Å². The van der Waals surface area contributed by atoms with Crippen LogP contribution in [0.25, 0.3) is 22.4 Å². The monoisotopic (exact) mass is 320 g/mol. The molecule has 0 bridgehead atoms. The molecule has 0 amide bonds. The first-order valence-electron chi connectivity index (χ1n) is 8.95. The molecule has 1 saturated carbocycles. The third-order valence-corrected chi connectivity index (χ3v) is 5.15. The Bertz CT molecular complexity index is 816. The van der Waals surface area contributed by atoms with Gasteiger partial charge in [0.1, 0.15) is 11.6 Å². The van der Waals surface area contributed by atoms with Crippen LogP contribution in [-0.4, -0.2) is 16.7 Å². The zero-order valence-electron chi connectivity index (χ0n) is 14.2. The molecular formula is C21H24N2O. The lowest BCUT2D eigenvalue weighted by Gasteiger charge is -2.23. The highest BCUT2D eigenvalue weighted by Gasteiger charge is 2.19. The number of methoxy groups -OCH3 is 1. The Hall–Kier alpha value is -2.29. The average molecular weight is 320 g/mol. The van der Waals surface area contributed by atoms with Crippen molar-refractivity contribution in [2.24, 2.45) is 5.92 Å². The average Bonchev–Trinajstić information content (AvgIpc) is 3.01. The minimum atomic E-state index is 0.765. The molecule has 4 rings (SSSR count). The quantitative estimate of drug-likeness (QED) is 0.653. The Morgan fingerprint density at radius 2 is 1.83 bits per heavy atom. The van der Waals surface area contributed by atoms with E-state index in [2.05, 4.69) is 41.0 Å². The van der Waals surface area contributed by atoms with Gasteiger partial charge in [-0.25, -0.2) is 4.98 Å². The van der Waals surface area contributed by atoms with Gasteiger partial charge >= 0.3 is 0 Å². The van der Waals surface area contributed by atoms with Crippen LogP contribution in [0.1, 0.15) is 32.1 Å². The lowest BCUT2D eigenvalue weighted by Crippen LogP contribution is -2.14. The Kier molecular flexibility index (Phi) is 4.24. The van der Waals surface area contributed by atoms with E-state index in [4.69, 9.17) is 9.72 Å². The van der Waals surface area contributed by atoms with E-state index in [0.29, 0.717) is 0 Å². The molecule has 0 saturated heterocycles. The summed E-state index contributed by atoms with van der Waals surface area (Å²) in [7, 11) is 1.71. The van der Waals surface area contributed by atoms with Gasteiger partial charge in [-0.05, 0) is 30.9 Å². The van der Waals surface area contributed by atoms with Crippen molar-refractivity contribution in [3.63, 3.8) is 0 Å². The van der Waals surface area contributed by atoms with Crippen molar-refractivity contribution in [3.05, 3.63) is 48.5 Å². The predicted octanol–water partition coefficient (Wildman–Crippen LogP) is 5.29. The molecular weight excluding hydrogens is 296 g/mol. The molecule has 1 aromatic heterocycles. The van der Waals surface area contributed by atoms with E-state index in [0.717, 1.165) is 29.6 Å². The van der Waals surface area contributed by atoms with Gasteiger partial charge in [0.2, 0.25) is 0 Å². The first kappa shape index (κ1) is 15.3. The highest BCUT2D eigenvalue weighted by molar-refractivity contribution is 5.82. The van der Waals surface area contributed by atoms with Crippen LogP contribution < -0.4 is 4.74 Å². The second-order valence-electron chi connectivity index (χ2n) is 6.77. The molecule has 1 aliphatic rings. The summed E-state index contributed by atoms with van der Waals surface area (Å²) >= 11 is 0. The van der Waals surface area contributed by atoms with Crippen LogP contribution in [-0.2, 0) is 6.54 Å². The van der Waals surface area contributed by atoms with Crippen LogP contribution in [0.2, 0.25) is 0 Å². The SMILES string of the molecule is COc1ccc2c(c1)nc(-c1ccccc1)n2CC1CCCCC1. The maximum atomic E-state index is 5.38. The van der Waals surface area contributed by atoms with Gasteiger partial charge in [0.15, 0.2) is 0 Å². The number of hydrogen-bond donors (Lipinski definition) is 0. The van der Waals surface area contributed by atoms with Crippen molar-refractivity contribution >= 4 is 11.0 Å². The van der Waals surface area contributed by atoms with E-state index < -0.39 is 0 Å². The summed E-state index contributed by atoms with van der Waals surface area (Å²) in [6.07, 6.45) is 6.80.